The van der Waals surface area contributed by atoms with Crippen LogP contribution in [0, 0.1) is 6.92 Å². The maximum Gasteiger partial charge on any atom is 0.328 e. The second kappa shape index (κ2) is 11.8. The van der Waals surface area contributed by atoms with Crippen LogP contribution in [0.2, 0.25) is 0 Å². The van der Waals surface area contributed by atoms with Crippen molar-refractivity contribution in [1.29, 1.82) is 0 Å². The van der Waals surface area contributed by atoms with Crippen molar-refractivity contribution in [2.75, 3.05) is 26.9 Å². The highest BCUT2D eigenvalue weighted by atomic mass is 16.5. The lowest BCUT2D eigenvalue weighted by Crippen LogP contribution is -2.43. The van der Waals surface area contributed by atoms with E-state index in [4.69, 9.17) is 14.6 Å². The molecule has 37 heavy (non-hydrogen) atoms. The van der Waals surface area contributed by atoms with Gasteiger partial charge in [0.2, 0.25) is 0 Å². The third kappa shape index (κ3) is 5.79. The fourth-order valence-corrected chi connectivity index (χ4v) is 5.17. The third-order valence-corrected chi connectivity index (χ3v) is 7.10. The highest BCUT2D eigenvalue weighted by Crippen LogP contribution is 2.38. The summed E-state index contributed by atoms with van der Waals surface area (Å²) in [5, 5.41) is 21.8. The number of nitrogens with one attached hydrogen (secondary N) is 2. The van der Waals surface area contributed by atoms with E-state index < -0.39 is 24.5 Å². The number of hydrogen-bond donors (Lipinski definition) is 4. The molecule has 0 radical (unpaired) electrons. The molecule has 1 saturated heterocycles. The average Bonchev–Trinajstić information content (AvgIpc) is 3.40. The number of aryl methyl sites for hydroxylation is 1. The molecule has 0 spiro atoms. The number of aliphatic hydroxyl groups is 1. The number of fused-ring (bicyclic) bond motifs is 1. The number of carboxylic acid groups (broad SMARTS) is 1. The van der Waals surface area contributed by atoms with Crippen LogP contribution in [-0.2, 0) is 16.1 Å². The number of aromatic amines is 1. The molecule has 2 heterocycles. The van der Waals surface area contributed by atoms with Crippen molar-refractivity contribution in [3.05, 3.63) is 64.8 Å². The van der Waals surface area contributed by atoms with E-state index in [0.29, 0.717) is 18.7 Å². The van der Waals surface area contributed by atoms with E-state index in [0.717, 1.165) is 52.7 Å². The van der Waals surface area contributed by atoms with Crippen LogP contribution in [-0.4, -0.2) is 71.0 Å². The van der Waals surface area contributed by atoms with Crippen molar-refractivity contribution in [3.8, 4) is 5.75 Å². The number of aliphatic carboxylic acids is 1. The number of hydrogen-bond acceptors (Lipinski definition) is 6. The molecule has 4 N–H and O–H groups in total. The summed E-state index contributed by atoms with van der Waals surface area (Å²) in [6.07, 6.45) is 3.83. The number of ether oxygens (including phenoxy) is 2. The highest BCUT2D eigenvalue weighted by Gasteiger charge is 2.31. The molecule has 9 heteroatoms. The lowest BCUT2D eigenvalue weighted by atomic mass is 9.91. The summed E-state index contributed by atoms with van der Waals surface area (Å²) in [6.45, 7) is 5.59. The van der Waals surface area contributed by atoms with Crippen molar-refractivity contribution in [3.63, 3.8) is 0 Å². The molecule has 1 amide bonds. The Morgan fingerprint density at radius 1 is 1.24 bits per heavy atom. The van der Waals surface area contributed by atoms with Gasteiger partial charge in [0.25, 0.3) is 5.91 Å². The van der Waals surface area contributed by atoms with Gasteiger partial charge in [-0.05, 0) is 62.1 Å². The predicted octanol–water partition coefficient (Wildman–Crippen LogP) is 3.40. The van der Waals surface area contributed by atoms with Crippen LogP contribution in [0.4, 0.5) is 0 Å². The van der Waals surface area contributed by atoms with Gasteiger partial charge < -0.3 is 30.0 Å². The first-order chi connectivity index (χ1) is 17.9. The number of H-pyrrole nitrogens is 1. The standard InChI is InChI=1S/C28H35N3O6/c1-4-37-20-10-12-31(15-22-21-9-11-29-26(21)17(2)13-25(22)36-3)24(14-20)18-5-7-19(8-6-18)27(33)30-23(16-32)28(34)35/h5-9,11,13,20,23-24,29,32H,4,10,12,14-16H2,1-3H3,(H,30,33)(H,34,35)/t20-,23+,24+/m1/s1. The third-order valence-electron chi connectivity index (χ3n) is 7.10. The van der Waals surface area contributed by atoms with E-state index in [-0.39, 0.29) is 12.1 Å². The summed E-state index contributed by atoms with van der Waals surface area (Å²) in [6, 6.07) is 10.1. The first-order valence-electron chi connectivity index (χ1n) is 12.6. The fraction of sp³-hybridized carbons (Fsp3) is 0.429. The molecule has 1 aliphatic heterocycles. The molecule has 9 nitrogen and oxygen atoms in total. The van der Waals surface area contributed by atoms with Crippen molar-refractivity contribution in [2.24, 2.45) is 0 Å². The van der Waals surface area contributed by atoms with Crippen molar-refractivity contribution in [1.82, 2.24) is 15.2 Å². The number of methoxy groups -OCH3 is 1. The van der Waals surface area contributed by atoms with Gasteiger partial charge in [-0.1, -0.05) is 12.1 Å². The van der Waals surface area contributed by atoms with Crippen LogP contribution in [0.5, 0.6) is 5.75 Å². The van der Waals surface area contributed by atoms with Crippen molar-refractivity contribution in [2.45, 2.75) is 51.4 Å². The number of aliphatic hydroxyl groups excluding tert-OH is 1. The van der Waals surface area contributed by atoms with Gasteiger partial charge in [-0.3, -0.25) is 9.69 Å². The molecule has 0 aliphatic carbocycles. The van der Waals surface area contributed by atoms with E-state index in [1.807, 2.05) is 25.3 Å². The van der Waals surface area contributed by atoms with Crippen LogP contribution in [0.25, 0.3) is 10.9 Å². The summed E-state index contributed by atoms with van der Waals surface area (Å²) in [5.74, 6) is -0.963. The van der Waals surface area contributed by atoms with Gasteiger partial charge in [-0.2, -0.15) is 0 Å². The van der Waals surface area contributed by atoms with Crippen LogP contribution >= 0.6 is 0 Å². The molecule has 3 aromatic rings. The Hall–Kier alpha value is -3.40. The number of carbonyl (C=O) groups excluding carboxylic acids is 1. The number of nitrogens with zero attached hydrogens (tertiary/aromatic N) is 1. The quantitative estimate of drug-likeness (QED) is 0.330. The van der Waals surface area contributed by atoms with Gasteiger partial charge >= 0.3 is 5.97 Å². The number of likely N-dealkylation sites (tertiary alicyclic amines) is 1. The fourth-order valence-electron chi connectivity index (χ4n) is 5.17. The van der Waals surface area contributed by atoms with E-state index >= 15 is 0 Å². The summed E-state index contributed by atoms with van der Waals surface area (Å²) in [7, 11) is 1.70. The molecular formula is C28H35N3O6. The summed E-state index contributed by atoms with van der Waals surface area (Å²) < 4.78 is 11.8. The number of aromatic nitrogens is 1. The number of carboxylic acids is 1. The summed E-state index contributed by atoms with van der Waals surface area (Å²) in [4.78, 5) is 29.4. The highest BCUT2D eigenvalue weighted by molar-refractivity contribution is 5.96. The zero-order chi connectivity index (χ0) is 26.5. The van der Waals surface area contributed by atoms with Crippen molar-refractivity contribution < 1.29 is 29.3 Å². The van der Waals surface area contributed by atoms with Crippen LogP contribution in [0.3, 0.4) is 0 Å². The van der Waals surface area contributed by atoms with Gasteiger partial charge in [-0.15, -0.1) is 0 Å². The average molecular weight is 510 g/mol. The number of carbonyl (C=O) groups is 2. The maximum absolute atomic E-state index is 12.5. The Morgan fingerprint density at radius 3 is 2.65 bits per heavy atom. The molecule has 4 rings (SSSR count). The molecule has 3 atom stereocenters. The number of rotatable bonds is 10. The van der Waals surface area contributed by atoms with Gasteiger partial charge in [0.15, 0.2) is 6.04 Å². The first-order valence-corrected chi connectivity index (χ1v) is 12.6. The van der Waals surface area contributed by atoms with Gasteiger partial charge in [0, 0.05) is 54.0 Å². The van der Waals surface area contributed by atoms with E-state index in [9.17, 15) is 14.7 Å². The maximum atomic E-state index is 12.5. The minimum atomic E-state index is -1.34. The lowest BCUT2D eigenvalue weighted by molar-refractivity contribution is -0.140. The molecule has 1 aromatic heterocycles. The molecule has 0 unspecified atom stereocenters. The Balaban J connectivity index is 1.61. The minimum Gasteiger partial charge on any atom is -0.496 e. The molecular weight excluding hydrogens is 474 g/mol. The molecule has 0 saturated carbocycles. The molecule has 198 valence electrons. The topological polar surface area (TPSA) is 124 Å². The van der Waals surface area contributed by atoms with E-state index in [1.54, 1.807) is 19.2 Å². The van der Waals surface area contributed by atoms with Gasteiger partial charge in [0.1, 0.15) is 5.75 Å². The zero-order valence-electron chi connectivity index (χ0n) is 21.5. The van der Waals surface area contributed by atoms with E-state index in [2.05, 4.69) is 34.3 Å². The second-order valence-corrected chi connectivity index (χ2v) is 9.40. The normalized spacial score (nSPS) is 19.0. The number of amides is 1. The van der Waals surface area contributed by atoms with Crippen molar-refractivity contribution >= 4 is 22.8 Å². The SMILES string of the molecule is CCO[C@@H]1CCN(Cc2c(OC)cc(C)c3[nH]ccc23)[C@H](c2ccc(C(=O)N[C@@H](CO)C(=O)O)cc2)C1. The molecule has 1 aliphatic rings. The lowest BCUT2D eigenvalue weighted by Gasteiger charge is -2.40. The Morgan fingerprint density at radius 2 is 2.00 bits per heavy atom. The predicted molar refractivity (Wildman–Crippen MR) is 140 cm³/mol. The zero-order valence-corrected chi connectivity index (χ0v) is 21.5. The van der Waals surface area contributed by atoms with E-state index in [1.165, 1.54) is 0 Å². The van der Waals surface area contributed by atoms with Gasteiger partial charge in [-0.25, -0.2) is 4.79 Å². The Bertz CT molecular complexity index is 1240. The Kier molecular flexibility index (Phi) is 8.48. The monoisotopic (exact) mass is 509 g/mol. The van der Waals surface area contributed by atoms with Gasteiger partial charge in [0.05, 0.1) is 19.8 Å². The molecule has 1 fully saturated rings. The second-order valence-electron chi connectivity index (χ2n) is 9.40. The van der Waals surface area contributed by atoms with Crippen LogP contribution < -0.4 is 10.1 Å². The smallest absolute Gasteiger partial charge is 0.328 e. The van der Waals surface area contributed by atoms with Crippen LogP contribution in [0.1, 0.15) is 52.9 Å². The number of piperidine rings is 1. The minimum absolute atomic E-state index is 0.0617. The number of benzene rings is 2. The molecule has 2 aromatic carbocycles. The largest absolute Gasteiger partial charge is 0.496 e. The Labute approximate surface area is 216 Å². The molecule has 0 bridgehead atoms. The summed E-state index contributed by atoms with van der Waals surface area (Å²) >= 11 is 0. The summed E-state index contributed by atoms with van der Waals surface area (Å²) in [5.41, 5.74) is 4.75. The van der Waals surface area contributed by atoms with Crippen LogP contribution in [0.15, 0.2) is 42.6 Å². The first kappa shape index (κ1) is 26.7.